The summed E-state index contributed by atoms with van der Waals surface area (Å²) in [5.74, 6) is -0.404. The van der Waals surface area contributed by atoms with Gasteiger partial charge in [0.2, 0.25) is 0 Å². The first-order valence-corrected chi connectivity index (χ1v) is 13.2. The van der Waals surface area contributed by atoms with E-state index in [-0.39, 0.29) is 16.9 Å². The zero-order chi connectivity index (χ0) is 21.3. The van der Waals surface area contributed by atoms with Gasteiger partial charge in [-0.2, -0.15) is 0 Å². The number of imide groups is 1. The molecule has 2 rings (SSSR count). The Morgan fingerprint density at radius 1 is 1.11 bits per heavy atom. The molecule has 0 saturated heterocycles. The number of rotatable bonds is 8. The van der Waals surface area contributed by atoms with Crippen molar-refractivity contribution < 1.29 is 14.0 Å². The van der Waals surface area contributed by atoms with E-state index in [9.17, 15) is 9.59 Å². The first-order chi connectivity index (χ1) is 12.9. The van der Waals surface area contributed by atoms with Crippen molar-refractivity contribution in [3.05, 3.63) is 28.8 Å². The molecule has 0 unspecified atom stereocenters. The lowest BCUT2D eigenvalue weighted by atomic mass is 10.0. The van der Waals surface area contributed by atoms with Crippen LogP contribution < -0.4 is 4.90 Å². The van der Waals surface area contributed by atoms with Crippen molar-refractivity contribution in [2.75, 3.05) is 31.6 Å². The van der Waals surface area contributed by atoms with E-state index >= 15 is 0 Å². The van der Waals surface area contributed by atoms with Gasteiger partial charge in [0, 0.05) is 32.4 Å². The second kappa shape index (κ2) is 8.37. The number of anilines is 1. The zero-order valence-corrected chi connectivity index (χ0v) is 19.8. The lowest BCUT2D eigenvalue weighted by Crippen LogP contribution is -2.41. The number of amides is 2. The topological polar surface area (TPSA) is 49.9 Å². The summed E-state index contributed by atoms with van der Waals surface area (Å²) >= 11 is 0. The summed E-state index contributed by atoms with van der Waals surface area (Å²) in [4.78, 5) is 28.1. The molecule has 0 bridgehead atoms. The third-order valence-corrected chi connectivity index (χ3v) is 10.8. The van der Waals surface area contributed by atoms with Crippen LogP contribution in [0.1, 0.15) is 66.8 Å². The van der Waals surface area contributed by atoms with E-state index in [1.165, 1.54) is 4.90 Å². The Bertz CT molecular complexity index is 753. The molecule has 0 spiro atoms. The zero-order valence-electron chi connectivity index (χ0n) is 18.8. The average molecular weight is 405 g/mol. The Kier molecular flexibility index (Phi) is 6.76. The highest BCUT2D eigenvalue weighted by Crippen LogP contribution is 2.36. The maximum absolute atomic E-state index is 12.4. The maximum atomic E-state index is 12.4. The number of benzene rings is 1. The molecule has 1 aliphatic rings. The van der Waals surface area contributed by atoms with E-state index in [0.717, 1.165) is 43.8 Å². The predicted octanol–water partition coefficient (Wildman–Crippen LogP) is 4.85. The smallest absolute Gasteiger partial charge is 0.261 e. The Hall–Kier alpha value is -1.66. The molecular formula is C22H36N2O3Si. The summed E-state index contributed by atoms with van der Waals surface area (Å²) in [7, 11) is -0.137. The number of carbonyl (C=O) groups excluding carboxylic acids is 2. The van der Waals surface area contributed by atoms with Crippen molar-refractivity contribution >= 4 is 25.8 Å². The normalized spacial score (nSPS) is 14.6. The Balaban J connectivity index is 1.99. The fourth-order valence-corrected chi connectivity index (χ4v) is 4.35. The maximum Gasteiger partial charge on any atom is 0.261 e. The number of hydrogen-bond acceptors (Lipinski definition) is 4. The number of fused-ring (bicyclic) bond motifs is 1. The summed E-state index contributed by atoms with van der Waals surface area (Å²) in [6, 6.07) is 3.90. The molecule has 1 aromatic rings. The van der Waals surface area contributed by atoms with Gasteiger partial charge in [-0.1, -0.05) is 20.8 Å². The van der Waals surface area contributed by atoms with Gasteiger partial charge in [0.1, 0.15) is 0 Å². The van der Waals surface area contributed by atoms with Crippen molar-refractivity contribution in [1.82, 2.24) is 4.90 Å². The Morgan fingerprint density at radius 3 is 2.32 bits per heavy atom. The van der Waals surface area contributed by atoms with Crippen LogP contribution in [0.15, 0.2) is 12.1 Å². The quantitative estimate of drug-likeness (QED) is 0.353. The fourth-order valence-electron chi connectivity index (χ4n) is 3.26. The summed E-state index contributed by atoms with van der Waals surface area (Å²) in [5, 5.41) is 0.238. The second-order valence-electron chi connectivity index (χ2n) is 9.25. The van der Waals surface area contributed by atoms with Crippen LogP contribution in [-0.2, 0) is 4.43 Å². The van der Waals surface area contributed by atoms with E-state index in [1.54, 1.807) is 7.05 Å². The largest absolute Gasteiger partial charge is 0.417 e. The van der Waals surface area contributed by atoms with Gasteiger partial charge in [-0.15, -0.1) is 0 Å². The Labute approximate surface area is 171 Å². The monoisotopic (exact) mass is 404 g/mol. The molecule has 5 nitrogen and oxygen atoms in total. The third-order valence-electron chi connectivity index (χ3n) is 6.21. The van der Waals surface area contributed by atoms with Crippen molar-refractivity contribution in [3.8, 4) is 0 Å². The molecule has 0 N–H and O–H groups in total. The van der Waals surface area contributed by atoms with E-state index in [4.69, 9.17) is 4.43 Å². The molecule has 0 aliphatic carbocycles. The van der Waals surface area contributed by atoms with Crippen molar-refractivity contribution in [3.63, 3.8) is 0 Å². The molecule has 1 aromatic carbocycles. The van der Waals surface area contributed by atoms with Crippen LogP contribution in [-0.4, -0.2) is 51.8 Å². The van der Waals surface area contributed by atoms with Gasteiger partial charge in [0.25, 0.3) is 11.8 Å². The minimum absolute atomic E-state index is 0.199. The van der Waals surface area contributed by atoms with E-state index in [0.29, 0.717) is 11.1 Å². The summed E-state index contributed by atoms with van der Waals surface area (Å²) in [6.07, 6.45) is 2.05. The first kappa shape index (κ1) is 22.6. The lowest BCUT2D eigenvalue weighted by Gasteiger charge is -2.36. The predicted molar refractivity (Wildman–Crippen MR) is 118 cm³/mol. The second-order valence-corrected chi connectivity index (χ2v) is 14.1. The van der Waals surface area contributed by atoms with Crippen molar-refractivity contribution in [2.45, 2.75) is 65.6 Å². The van der Waals surface area contributed by atoms with Crippen LogP contribution in [0, 0.1) is 6.92 Å². The third kappa shape index (κ3) is 4.49. The Morgan fingerprint density at radius 2 is 1.75 bits per heavy atom. The van der Waals surface area contributed by atoms with E-state index < -0.39 is 8.32 Å². The van der Waals surface area contributed by atoms with Gasteiger partial charge in [0.15, 0.2) is 8.32 Å². The molecule has 0 atom stereocenters. The molecule has 0 aromatic heterocycles. The average Bonchev–Trinajstić information content (AvgIpc) is 2.81. The first-order valence-electron chi connectivity index (χ1n) is 10.3. The van der Waals surface area contributed by atoms with Gasteiger partial charge in [-0.25, -0.2) is 0 Å². The van der Waals surface area contributed by atoms with E-state index in [1.807, 2.05) is 19.1 Å². The molecular weight excluding hydrogens is 368 g/mol. The molecule has 0 saturated carbocycles. The van der Waals surface area contributed by atoms with Crippen LogP contribution in [0.3, 0.4) is 0 Å². The van der Waals surface area contributed by atoms with E-state index in [2.05, 4.69) is 45.7 Å². The number of carbonyl (C=O) groups is 2. The molecule has 0 radical (unpaired) electrons. The minimum atomic E-state index is -1.68. The molecule has 6 heteroatoms. The molecule has 156 valence electrons. The molecule has 1 heterocycles. The minimum Gasteiger partial charge on any atom is -0.417 e. The van der Waals surface area contributed by atoms with Crippen molar-refractivity contribution in [2.24, 2.45) is 0 Å². The highest BCUT2D eigenvalue weighted by molar-refractivity contribution is 6.74. The number of nitrogens with zero attached hydrogens (tertiary/aromatic N) is 2. The van der Waals surface area contributed by atoms with Gasteiger partial charge in [-0.05, 0) is 62.5 Å². The molecule has 28 heavy (non-hydrogen) atoms. The highest BCUT2D eigenvalue weighted by atomic mass is 28.4. The number of hydrogen-bond donors (Lipinski definition) is 0. The molecule has 1 aliphatic heterocycles. The van der Waals surface area contributed by atoms with Crippen LogP contribution in [0.5, 0.6) is 0 Å². The standard InChI is InChI=1S/C22H36N2O3Si/c1-9-24(12-10-11-13-27-28(7,8)22(3,4)5)17-14-16(2)19-18(15-17)20(25)23(6)21(19)26/h14-15H,9-13H2,1-8H3. The SMILES string of the molecule is CCN(CCCCO[Si](C)(C)C(C)(C)C)c1cc(C)c2c(c1)C(=O)N(C)C2=O. The van der Waals surface area contributed by atoms with Crippen LogP contribution in [0.2, 0.25) is 18.1 Å². The van der Waals surface area contributed by atoms with Gasteiger partial charge >= 0.3 is 0 Å². The van der Waals surface area contributed by atoms with Crippen LogP contribution in [0.4, 0.5) is 5.69 Å². The van der Waals surface area contributed by atoms with Gasteiger partial charge < -0.3 is 9.33 Å². The van der Waals surface area contributed by atoms with Crippen LogP contribution in [0.25, 0.3) is 0 Å². The van der Waals surface area contributed by atoms with Crippen molar-refractivity contribution in [1.29, 1.82) is 0 Å². The molecule has 2 amide bonds. The number of unbranched alkanes of at least 4 members (excludes halogenated alkanes) is 1. The van der Waals surface area contributed by atoms with Crippen LogP contribution >= 0.6 is 0 Å². The lowest BCUT2D eigenvalue weighted by molar-refractivity contribution is 0.0693. The summed E-state index contributed by atoms with van der Waals surface area (Å²) in [6.45, 7) is 18.0. The highest BCUT2D eigenvalue weighted by Gasteiger charge is 2.37. The summed E-state index contributed by atoms with van der Waals surface area (Å²) < 4.78 is 6.27. The van der Waals surface area contributed by atoms with Gasteiger partial charge in [0.05, 0.1) is 11.1 Å². The van der Waals surface area contributed by atoms with Gasteiger partial charge in [-0.3, -0.25) is 14.5 Å². The summed E-state index contributed by atoms with van der Waals surface area (Å²) in [5.41, 5.74) is 2.97. The fraction of sp³-hybridized carbons (Fsp3) is 0.636. The molecule has 0 fully saturated rings. The number of aryl methyl sites for hydroxylation is 1.